The van der Waals surface area contributed by atoms with Gasteiger partial charge >= 0.3 is 0 Å². The van der Waals surface area contributed by atoms with Crippen molar-refractivity contribution in [1.82, 2.24) is 9.88 Å². The summed E-state index contributed by atoms with van der Waals surface area (Å²) in [7, 11) is 0. The molecular weight excluding hydrogens is 572 g/mol. The zero-order chi connectivity index (χ0) is 31.8. The largest absolute Gasteiger partial charge is 0.459 e. The van der Waals surface area contributed by atoms with Crippen LogP contribution in [0.3, 0.4) is 0 Å². The van der Waals surface area contributed by atoms with Gasteiger partial charge in [0, 0.05) is 43.8 Å². The van der Waals surface area contributed by atoms with Gasteiger partial charge in [-0.25, -0.2) is 0 Å². The number of aliphatic hydroxyl groups is 1. The third kappa shape index (κ3) is 7.97. The topological polar surface area (TPSA) is 145 Å². The molecule has 1 aliphatic heterocycles. The number of aliphatic hydroxyl groups excluding tert-OH is 1. The minimum absolute atomic E-state index is 0.0400. The lowest BCUT2D eigenvalue weighted by Gasteiger charge is -2.29. The second-order valence-corrected chi connectivity index (χ2v) is 11.0. The number of ether oxygens (including phenoxy) is 2. The van der Waals surface area contributed by atoms with Crippen molar-refractivity contribution in [3.63, 3.8) is 0 Å². The number of rotatable bonds is 12. The molecule has 0 saturated carbocycles. The Morgan fingerprint density at radius 1 is 1.00 bits per heavy atom. The molecule has 2 heterocycles. The lowest BCUT2D eigenvalue weighted by atomic mass is 9.92. The highest BCUT2D eigenvalue weighted by Crippen LogP contribution is 2.36. The van der Waals surface area contributed by atoms with Crippen molar-refractivity contribution in [2.24, 2.45) is 0 Å². The number of anilines is 2. The standard InChI is InChI=1S/C35H38N4O6/c1-23(41)39-20-28(27-8-2-5-11-31(27)39)26-18-32(45-34(19-26)44-22-25-15-13-24(21-40)14-16-25)35(43)37-17-7-6-12-33(42)38-30-10-4-3-9-29(30)36/h2-5,8-11,13-16,18,20,26,34,40H,6-7,12,17,19,21-22,36H2,1H3,(H,37,43)(H,38,42)/t26-,34+/m1/s1. The van der Waals surface area contributed by atoms with E-state index in [0.717, 1.165) is 27.6 Å². The maximum absolute atomic E-state index is 13.3. The van der Waals surface area contributed by atoms with Gasteiger partial charge in [-0.2, -0.15) is 0 Å². The van der Waals surface area contributed by atoms with Crippen molar-refractivity contribution in [2.45, 2.75) is 58.0 Å². The summed E-state index contributed by atoms with van der Waals surface area (Å²) in [6.07, 6.45) is 4.80. The summed E-state index contributed by atoms with van der Waals surface area (Å²) in [6, 6.07) is 22.2. The van der Waals surface area contributed by atoms with E-state index in [9.17, 15) is 19.5 Å². The van der Waals surface area contributed by atoms with E-state index in [2.05, 4.69) is 10.6 Å². The van der Waals surface area contributed by atoms with Gasteiger partial charge in [-0.05, 0) is 53.8 Å². The fourth-order valence-corrected chi connectivity index (χ4v) is 5.35. The van der Waals surface area contributed by atoms with E-state index in [1.807, 2.05) is 54.7 Å². The number of allylic oxidation sites excluding steroid dienone is 1. The Labute approximate surface area is 261 Å². The Balaban J connectivity index is 1.24. The summed E-state index contributed by atoms with van der Waals surface area (Å²) >= 11 is 0. The minimum atomic E-state index is -0.716. The van der Waals surface area contributed by atoms with Crippen LogP contribution in [-0.2, 0) is 32.3 Å². The number of nitrogens with zero attached hydrogens (tertiary/aromatic N) is 1. The smallest absolute Gasteiger partial charge is 0.286 e. The van der Waals surface area contributed by atoms with Crippen LogP contribution in [0.1, 0.15) is 60.0 Å². The number of amides is 2. The fourth-order valence-electron chi connectivity index (χ4n) is 5.35. The molecule has 5 rings (SSSR count). The van der Waals surface area contributed by atoms with Gasteiger partial charge in [0.05, 0.1) is 30.1 Å². The van der Waals surface area contributed by atoms with Crippen LogP contribution in [-0.4, -0.2) is 40.2 Å². The van der Waals surface area contributed by atoms with Crippen LogP contribution in [0.25, 0.3) is 10.9 Å². The van der Waals surface area contributed by atoms with Gasteiger partial charge in [0.15, 0.2) is 5.76 Å². The number of hydrogen-bond donors (Lipinski definition) is 4. The molecule has 1 aliphatic rings. The molecular formula is C35H38N4O6. The Kier molecular flexibility index (Phi) is 10.3. The molecule has 2 amide bonds. The third-order valence-electron chi connectivity index (χ3n) is 7.76. The molecule has 0 aliphatic carbocycles. The van der Waals surface area contributed by atoms with Crippen LogP contribution < -0.4 is 16.4 Å². The van der Waals surface area contributed by atoms with Crippen LogP contribution in [0.4, 0.5) is 11.4 Å². The summed E-state index contributed by atoms with van der Waals surface area (Å²) in [5, 5.41) is 16.0. The van der Waals surface area contributed by atoms with Crippen molar-refractivity contribution < 1.29 is 29.0 Å². The van der Waals surface area contributed by atoms with E-state index in [4.69, 9.17) is 15.2 Å². The Morgan fingerprint density at radius 2 is 1.73 bits per heavy atom. The highest BCUT2D eigenvalue weighted by Gasteiger charge is 2.31. The molecule has 0 fully saturated rings. The molecule has 1 aromatic heterocycles. The molecule has 0 radical (unpaired) electrons. The van der Waals surface area contributed by atoms with E-state index in [0.29, 0.717) is 43.6 Å². The fraction of sp³-hybridized carbons (Fsp3) is 0.286. The van der Waals surface area contributed by atoms with E-state index < -0.39 is 6.29 Å². The SMILES string of the molecule is CC(=O)n1cc([C@@H]2C=C(C(=O)NCCCCC(=O)Nc3ccccc3N)O[C@H](OCc3ccc(CO)cc3)C2)c2ccccc21. The molecule has 0 bridgehead atoms. The van der Waals surface area contributed by atoms with Crippen LogP contribution >= 0.6 is 0 Å². The summed E-state index contributed by atoms with van der Waals surface area (Å²) in [5.74, 6) is -0.732. The van der Waals surface area contributed by atoms with Gasteiger partial charge in [-0.1, -0.05) is 54.6 Å². The number of benzene rings is 3. The highest BCUT2D eigenvalue weighted by molar-refractivity contribution is 5.95. The molecule has 45 heavy (non-hydrogen) atoms. The molecule has 0 unspecified atom stereocenters. The first-order valence-electron chi connectivity index (χ1n) is 15.0. The van der Waals surface area contributed by atoms with Crippen LogP contribution in [0.5, 0.6) is 0 Å². The number of carbonyl (C=O) groups is 3. The number of nitrogen functional groups attached to an aromatic ring is 1. The summed E-state index contributed by atoms with van der Waals surface area (Å²) < 4.78 is 13.8. The molecule has 10 nitrogen and oxygen atoms in total. The molecule has 3 aromatic carbocycles. The zero-order valence-electron chi connectivity index (χ0n) is 25.2. The van der Waals surface area contributed by atoms with Crippen molar-refractivity contribution in [2.75, 3.05) is 17.6 Å². The first kappa shape index (κ1) is 31.5. The molecule has 0 spiro atoms. The number of fused-ring (bicyclic) bond motifs is 1. The van der Waals surface area contributed by atoms with Gasteiger partial charge in [0.1, 0.15) is 0 Å². The number of carbonyl (C=O) groups excluding carboxylic acids is 3. The van der Waals surface area contributed by atoms with Gasteiger partial charge in [0.25, 0.3) is 5.91 Å². The Morgan fingerprint density at radius 3 is 2.49 bits per heavy atom. The number of unbranched alkanes of at least 4 members (excludes halogenated alkanes) is 1. The Hall–Kier alpha value is -4.93. The quantitative estimate of drug-likeness (QED) is 0.127. The van der Waals surface area contributed by atoms with Crippen molar-refractivity contribution >= 4 is 40.0 Å². The summed E-state index contributed by atoms with van der Waals surface area (Å²) in [4.78, 5) is 38.0. The maximum Gasteiger partial charge on any atom is 0.286 e. The van der Waals surface area contributed by atoms with Crippen LogP contribution in [0.15, 0.2) is 90.8 Å². The normalized spacial score (nSPS) is 16.1. The first-order valence-corrected chi connectivity index (χ1v) is 15.0. The average molecular weight is 611 g/mol. The monoisotopic (exact) mass is 610 g/mol. The zero-order valence-corrected chi connectivity index (χ0v) is 25.2. The van der Waals surface area contributed by atoms with Gasteiger partial charge < -0.3 is 30.9 Å². The molecule has 0 saturated heterocycles. The summed E-state index contributed by atoms with van der Waals surface area (Å²) in [5.41, 5.74) is 10.4. The second kappa shape index (κ2) is 14.7. The lowest BCUT2D eigenvalue weighted by Crippen LogP contribution is -2.33. The minimum Gasteiger partial charge on any atom is -0.459 e. The van der Waals surface area contributed by atoms with Gasteiger partial charge in [-0.15, -0.1) is 0 Å². The lowest BCUT2D eigenvalue weighted by molar-refractivity contribution is -0.150. The molecule has 10 heteroatoms. The molecule has 4 aromatic rings. The number of nitrogens with one attached hydrogen (secondary N) is 2. The number of aromatic nitrogens is 1. The van der Waals surface area contributed by atoms with E-state index in [-0.39, 0.29) is 42.6 Å². The Bertz CT molecular complexity index is 1690. The second-order valence-electron chi connectivity index (χ2n) is 11.0. The highest BCUT2D eigenvalue weighted by atomic mass is 16.7. The average Bonchev–Trinajstić information content (AvgIpc) is 3.45. The predicted octanol–water partition coefficient (Wildman–Crippen LogP) is 5.23. The number of para-hydroxylation sites is 3. The molecule has 5 N–H and O–H groups in total. The van der Waals surface area contributed by atoms with Crippen molar-refractivity contribution in [3.05, 3.63) is 108 Å². The van der Waals surface area contributed by atoms with Crippen LogP contribution in [0.2, 0.25) is 0 Å². The van der Waals surface area contributed by atoms with Gasteiger partial charge in [0.2, 0.25) is 18.1 Å². The predicted molar refractivity (Wildman–Crippen MR) is 172 cm³/mol. The van der Waals surface area contributed by atoms with E-state index >= 15 is 0 Å². The number of hydrogen-bond acceptors (Lipinski definition) is 7. The summed E-state index contributed by atoms with van der Waals surface area (Å²) in [6.45, 7) is 2.09. The van der Waals surface area contributed by atoms with Gasteiger partial charge in [-0.3, -0.25) is 19.0 Å². The van der Waals surface area contributed by atoms with Crippen molar-refractivity contribution in [3.8, 4) is 0 Å². The third-order valence-corrected chi connectivity index (χ3v) is 7.76. The van der Waals surface area contributed by atoms with Crippen LogP contribution in [0, 0.1) is 0 Å². The number of nitrogens with two attached hydrogens (primary N) is 1. The first-order chi connectivity index (χ1) is 21.8. The molecule has 234 valence electrons. The van der Waals surface area contributed by atoms with E-state index in [1.54, 1.807) is 34.9 Å². The van der Waals surface area contributed by atoms with E-state index in [1.165, 1.54) is 6.92 Å². The molecule has 2 atom stereocenters. The maximum atomic E-state index is 13.3. The van der Waals surface area contributed by atoms with Crippen molar-refractivity contribution in [1.29, 1.82) is 0 Å².